The average Bonchev–Trinajstić information content (AvgIpc) is 3.31. The fourth-order valence-electron chi connectivity index (χ4n) is 12.4. The lowest BCUT2D eigenvalue weighted by Crippen LogP contribution is -2.67. The van der Waals surface area contributed by atoms with E-state index >= 15 is 0 Å². The number of aliphatic hydroxyl groups is 1. The molecule has 4 nitrogen and oxygen atoms in total. The smallest absolute Gasteiger partial charge is 0.331 e. The SMILES string of the molecule is CC1(C)CCC[C@](C)([C@H]2CC[C@]3(C)[C@@H]2[C@H](O)C[C@@H]2[C@@]4(C)CC[C@H](OC(=O)/C=C/c5ccccc5)C(C)(C)[C@@H]4CC[C@]23C)O1. The number of esters is 1. The first-order chi connectivity index (χ1) is 20.1. The summed E-state index contributed by atoms with van der Waals surface area (Å²) in [6.45, 7) is 19.2. The second-order valence-corrected chi connectivity index (χ2v) is 17.5. The lowest BCUT2D eigenvalue weighted by molar-refractivity contribution is -0.258. The van der Waals surface area contributed by atoms with Crippen molar-refractivity contribution < 1.29 is 19.4 Å². The number of carbonyl (C=O) groups excluding carboxylic acids is 1. The molecule has 1 heterocycles. The summed E-state index contributed by atoms with van der Waals surface area (Å²) in [5.41, 5.74) is 1.02. The van der Waals surface area contributed by atoms with Gasteiger partial charge in [0.15, 0.2) is 0 Å². The van der Waals surface area contributed by atoms with Crippen LogP contribution in [0.2, 0.25) is 0 Å². The van der Waals surface area contributed by atoms with Gasteiger partial charge in [-0.25, -0.2) is 4.79 Å². The maximum Gasteiger partial charge on any atom is 0.331 e. The summed E-state index contributed by atoms with van der Waals surface area (Å²) < 4.78 is 13.1. The zero-order chi connectivity index (χ0) is 31.1. The number of aliphatic hydroxyl groups excluding tert-OH is 1. The fraction of sp³-hybridized carbons (Fsp3) is 0.769. The summed E-state index contributed by atoms with van der Waals surface area (Å²) in [6, 6.07) is 9.94. The highest BCUT2D eigenvalue weighted by Crippen LogP contribution is 2.76. The molecule has 4 heteroatoms. The van der Waals surface area contributed by atoms with Crippen molar-refractivity contribution in [2.24, 2.45) is 45.3 Å². The predicted octanol–water partition coefficient (Wildman–Crippen LogP) is 9.01. The molecule has 0 radical (unpaired) electrons. The molecular weight excluding hydrogens is 532 g/mol. The van der Waals surface area contributed by atoms with Gasteiger partial charge in [-0.3, -0.25) is 0 Å². The van der Waals surface area contributed by atoms with Gasteiger partial charge < -0.3 is 14.6 Å². The molecule has 1 N–H and O–H groups in total. The van der Waals surface area contributed by atoms with Crippen LogP contribution in [0.3, 0.4) is 0 Å². The van der Waals surface area contributed by atoms with Crippen LogP contribution >= 0.6 is 0 Å². The van der Waals surface area contributed by atoms with Crippen LogP contribution in [0.5, 0.6) is 0 Å². The molecule has 5 aliphatic rings. The number of benzene rings is 1. The van der Waals surface area contributed by atoms with Crippen LogP contribution in [0.15, 0.2) is 36.4 Å². The zero-order valence-corrected chi connectivity index (χ0v) is 28.2. The standard InChI is InChI=1S/C39H58O4/c1-34(2)20-12-21-39(8,43-34)27-17-23-38(7)33(27)28(40)25-30-36(5)22-19-31(35(3,4)29(36)18-24-37(30,38)6)42-32(41)16-15-26-13-10-9-11-14-26/h9-11,13-16,27-31,33,40H,12,17-25H2,1-8H3/b16-15+/t27-,28+,29-,30+,31-,33-,36-,37+,38+,39+/m0/s1. The van der Waals surface area contributed by atoms with Gasteiger partial charge in [0.2, 0.25) is 0 Å². The fourth-order valence-corrected chi connectivity index (χ4v) is 12.4. The molecule has 1 saturated heterocycles. The Morgan fingerprint density at radius 1 is 0.860 bits per heavy atom. The van der Waals surface area contributed by atoms with E-state index in [4.69, 9.17) is 9.47 Å². The lowest BCUT2D eigenvalue weighted by Gasteiger charge is -2.70. The maximum absolute atomic E-state index is 13.0. The third kappa shape index (κ3) is 4.87. The number of carbonyl (C=O) groups is 1. The summed E-state index contributed by atoms with van der Waals surface area (Å²) in [7, 11) is 0. The molecule has 238 valence electrons. The molecule has 4 aliphatic carbocycles. The molecule has 1 aromatic rings. The van der Waals surface area contributed by atoms with E-state index in [0.29, 0.717) is 17.8 Å². The summed E-state index contributed by atoms with van der Waals surface area (Å²) >= 11 is 0. The minimum Gasteiger partial charge on any atom is -0.459 e. The van der Waals surface area contributed by atoms with E-state index in [-0.39, 0.29) is 57.0 Å². The summed E-state index contributed by atoms with van der Waals surface area (Å²) in [4.78, 5) is 13.0. The maximum atomic E-state index is 13.0. The van der Waals surface area contributed by atoms with Crippen molar-refractivity contribution in [1.82, 2.24) is 0 Å². The van der Waals surface area contributed by atoms with Crippen LogP contribution in [0.25, 0.3) is 6.08 Å². The van der Waals surface area contributed by atoms with E-state index in [1.165, 1.54) is 19.3 Å². The van der Waals surface area contributed by atoms with Crippen LogP contribution < -0.4 is 0 Å². The molecule has 4 saturated carbocycles. The summed E-state index contributed by atoms with van der Waals surface area (Å²) in [5.74, 6) is 1.36. The van der Waals surface area contributed by atoms with Crippen molar-refractivity contribution in [2.45, 2.75) is 143 Å². The van der Waals surface area contributed by atoms with Crippen molar-refractivity contribution in [3.05, 3.63) is 42.0 Å². The number of hydrogen-bond donors (Lipinski definition) is 1. The van der Waals surface area contributed by atoms with Gasteiger partial charge in [-0.2, -0.15) is 0 Å². The molecule has 0 bridgehead atoms. The lowest BCUT2D eigenvalue weighted by atomic mass is 9.35. The Morgan fingerprint density at radius 2 is 1.56 bits per heavy atom. The summed E-state index contributed by atoms with van der Waals surface area (Å²) in [6.07, 6.45) is 14.0. The van der Waals surface area contributed by atoms with Crippen LogP contribution in [-0.2, 0) is 14.3 Å². The van der Waals surface area contributed by atoms with Gasteiger partial charge in [-0.05, 0) is 137 Å². The molecule has 43 heavy (non-hydrogen) atoms. The Bertz CT molecular complexity index is 1230. The minimum atomic E-state index is -0.293. The molecule has 5 fully saturated rings. The molecule has 0 amide bonds. The van der Waals surface area contributed by atoms with Crippen LogP contribution in [0, 0.1) is 45.3 Å². The van der Waals surface area contributed by atoms with Crippen molar-refractivity contribution in [3.63, 3.8) is 0 Å². The Labute approximate surface area is 261 Å². The first-order valence-electron chi connectivity index (χ1n) is 17.4. The highest BCUT2D eigenvalue weighted by atomic mass is 16.5. The van der Waals surface area contributed by atoms with Crippen LogP contribution in [0.4, 0.5) is 0 Å². The number of ether oxygens (including phenoxy) is 2. The Hall–Kier alpha value is -1.65. The third-order valence-corrected chi connectivity index (χ3v) is 14.5. The topological polar surface area (TPSA) is 55.8 Å². The second kappa shape index (κ2) is 10.4. The molecule has 1 aromatic carbocycles. The van der Waals surface area contributed by atoms with E-state index in [9.17, 15) is 9.90 Å². The summed E-state index contributed by atoms with van der Waals surface area (Å²) in [5, 5.41) is 12.2. The van der Waals surface area contributed by atoms with E-state index in [2.05, 4.69) is 55.4 Å². The average molecular weight is 591 g/mol. The predicted molar refractivity (Wildman–Crippen MR) is 173 cm³/mol. The van der Waals surface area contributed by atoms with Gasteiger partial charge in [0.1, 0.15) is 6.10 Å². The van der Waals surface area contributed by atoms with Gasteiger partial charge in [0.05, 0.1) is 17.3 Å². The van der Waals surface area contributed by atoms with Gasteiger partial charge in [-0.15, -0.1) is 0 Å². The van der Waals surface area contributed by atoms with Crippen molar-refractivity contribution in [3.8, 4) is 0 Å². The third-order valence-electron chi connectivity index (χ3n) is 14.5. The van der Waals surface area contributed by atoms with Gasteiger partial charge >= 0.3 is 5.97 Å². The van der Waals surface area contributed by atoms with Crippen molar-refractivity contribution >= 4 is 12.0 Å². The van der Waals surface area contributed by atoms with E-state index in [0.717, 1.165) is 50.5 Å². The van der Waals surface area contributed by atoms with Crippen LogP contribution in [-0.4, -0.2) is 34.5 Å². The molecule has 0 unspecified atom stereocenters. The highest BCUT2D eigenvalue weighted by molar-refractivity contribution is 5.87. The Kier molecular flexibility index (Phi) is 7.61. The van der Waals surface area contributed by atoms with E-state index in [1.54, 1.807) is 6.08 Å². The first kappa shape index (κ1) is 31.3. The zero-order valence-electron chi connectivity index (χ0n) is 28.2. The number of fused-ring (bicyclic) bond motifs is 5. The second-order valence-electron chi connectivity index (χ2n) is 17.5. The molecule has 1 aliphatic heterocycles. The molecule has 0 spiro atoms. The Balaban J connectivity index is 1.23. The van der Waals surface area contributed by atoms with Gasteiger partial charge in [0.25, 0.3) is 0 Å². The number of hydrogen-bond acceptors (Lipinski definition) is 4. The molecule has 0 aromatic heterocycles. The highest BCUT2D eigenvalue weighted by Gasteiger charge is 2.72. The van der Waals surface area contributed by atoms with Crippen molar-refractivity contribution in [2.75, 3.05) is 0 Å². The van der Waals surface area contributed by atoms with Crippen LogP contribution in [0.1, 0.15) is 125 Å². The van der Waals surface area contributed by atoms with Gasteiger partial charge in [0, 0.05) is 11.5 Å². The Morgan fingerprint density at radius 3 is 2.26 bits per heavy atom. The molecule has 6 rings (SSSR count). The molecule has 10 atom stereocenters. The monoisotopic (exact) mass is 590 g/mol. The minimum absolute atomic E-state index is 0.0887. The van der Waals surface area contributed by atoms with Gasteiger partial charge in [-0.1, -0.05) is 65.0 Å². The largest absolute Gasteiger partial charge is 0.459 e. The van der Waals surface area contributed by atoms with Crippen molar-refractivity contribution in [1.29, 1.82) is 0 Å². The number of rotatable bonds is 4. The first-order valence-corrected chi connectivity index (χ1v) is 17.4. The van der Waals surface area contributed by atoms with E-state index < -0.39 is 0 Å². The quantitative estimate of drug-likeness (QED) is 0.281. The van der Waals surface area contributed by atoms with E-state index in [1.807, 2.05) is 36.4 Å². The normalized spacial score (nSPS) is 46.9. The molecular formula is C39H58O4.